The number of nitrogens with zero attached hydrogens (tertiary/aromatic N) is 1. The lowest BCUT2D eigenvalue weighted by Crippen LogP contribution is -2.41. The number of carboxylic acids is 2. The number of hydrogen-bond donors (Lipinski definition) is 3. The summed E-state index contributed by atoms with van der Waals surface area (Å²) in [5, 5.41) is 19.8. The van der Waals surface area contributed by atoms with Gasteiger partial charge in [0.25, 0.3) is 0 Å². The maximum absolute atomic E-state index is 11.9. The van der Waals surface area contributed by atoms with Gasteiger partial charge in [0.05, 0.1) is 0 Å². The molecular weight excluding hydrogens is 284 g/mol. The number of amides is 2. The van der Waals surface area contributed by atoms with E-state index >= 15 is 0 Å². The minimum atomic E-state index is -1.31. The van der Waals surface area contributed by atoms with Gasteiger partial charge < -0.3 is 29.9 Å². The third-order valence-corrected chi connectivity index (χ3v) is 2.56. The predicted octanol–water partition coefficient (Wildman–Crippen LogP) is 0.418. The van der Waals surface area contributed by atoms with Gasteiger partial charge in [0.2, 0.25) is 6.79 Å². The molecule has 1 aromatic carbocycles. The van der Waals surface area contributed by atoms with Crippen LogP contribution in [0.15, 0.2) is 18.2 Å². The minimum Gasteiger partial charge on any atom is -0.480 e. The molecule has 0 radical (unpaired) electrons. The molecule has 0 atom stereocenters. The first kappa shape index (κ1) is 14.4. The van der Waals surface area contributed by atoms with Crippen molar-refractivity contribution in [1.29, 1.82) is 0 Å². The Morgan fingerprint density at radius 2 is 1.71 bits per heavy atom. The zero-order valence-electron chi connectivity index (χ0n) is 10.7. The van der Waals surface area contributed by atoms with Crippen LogP contribution in [0, 0.1) is 0 Å². The highest BCUT2D eigenvalue weighted by molar-refractivity contribution is 5.93. The SMILES string of the molecule is O=C(O)CN(CC(=O)O)C(=O)Nc1ccc2c(c1)OCO2. The molecule has 0 fully saturated rings. The molecule has 1 aromatic rings. The van der Waals surface area contributed by atoms with Crippen LogP contribution < -0.4 is 14.8 Å². The molecule has 0 saturated heterocycles. The molecule has 2 rings (SSSR count). The van der Waals surface area contributed by atoms with Crippen molar-refractivity contribution in [3.05, 3.63) is 18.2 Å². The molecule has 21 heavy (non-hydrogen) atoms. The third-order valence-electron chi connectivity index (χ3n) is 2.56. The topological polar surface area (TPSA) is 125 Å². The number of benzene rings is 1. The van der Waals surface area contributed by atoms with Gasteiger partial charge in [-0.15, -0.1) is 0 Å². The third kappa shape index (κ3) is 3.75. The smallest absolute Gasteiger partial charge is 0.323 e. The molecule has 0 aliphatic carbocycles. The molecule has 0 saturated carbocycles. The zero-order valence-corrected chi connectivity index (χ0v) is 10.7. The standard InChI is InChI=1S/C12H12N2O7/c15-10(16)4-14(5-11(17)18)12(19)13-7-1-2-8-9(3-7)21-6-20-8/h1-3H,4-6H2,(H,13,19)(H,15,16)(H,17,18). The van der Waals surface area contributed by atoms with Crippen LogP contribution in [0.3, 0.4) is 0 Å². The lowest BCUT2D eigenvalue weighted by Gasteiger charge is -2.19. The number of urea groups is 1. The Labute approximate surface area is 118 Å². The summed E-state index contributed by atoms with van der Waals surface area (Å²) in [4.78, 5) is 33.9. The van der Waals surface area contributed by atoms with Gasteiger partial charge in [0.1, 0.15) is 13.1 Å². The van der Waals surface area contributed by atoms with E-state index in [9.17, 15) is 14.4 Å². The van der Waals surface area contributed by atoms with Gasteiger partial charge in [-0.2, -0.15) is 0 Å². The molecular formula is C12H12N2O7. The molecule has 112 valence electrons. The number of rotatable bonds is 5. The Morgan fingerprint density at radius 1 is 1.10 bits per heavy atom. The highest BCUT2D eigenvalue weighted by atomic mass is 16.7. The number of carbonyl (C=O) groups is 3. The summed E-state index contributed by atoms with van der Waals surface area (Å²) in [5.41, 5.74) is 0.338. The lowest BCUT2D eigenvalue weighted by molar-refractivity contribution is -0.140. The van der Waals surface area contributed by atoms with Gasteiger partial charge in [-0.3, -0.25) is 9.59 Å². The minimum absolute atomic E-state index is 0.0802. The summed E-state index contributed by atoms with van der Waals surface area (Å²) in [6.07, 6.45) is 0. The second-order valence-corrected chi connectivity index (χ2v) is 4.14. The Bertz CT molecular complexity index is 571. The molecule has 2 amide bonds. The van der Waals surface area contributed by atoms with Crippen LogP contribution >= 0.6 is 0 Å². The summed E-state index contributed by atoms with van der Waals surface area (Å²) < 4.78 is 10.2. The van der Waals surface area contributed by atoms with Crippen LogP contribution in [0.25, 0.3) is 0 Å². The predicted molar refractivity (Wildman–Crippen MR) is 68.4 cm³/mol. The quantitative estimate of drug-likeness (QED) is 0.718. The molecule has 1 aliphatic rings. The first-order chi connectivity index (χ1) is 9.95. The lowest BCUT2D eigenvalue weighted by atomic mass is 10.3. The number of nitrogens with one attached hydrogen (secondary N) is 1. The van der Waals surface area contributed by atoms with E-state index in [-0.39, 0.29) is 6.79 Å². The van der Waals surface area contributed by atoms with Gasteiger partial charge in [-0.25, -0.2) is 4.79 Å². The van der Waals surface area contributed by atoms with Crippen molar-refractivity contribution < 1.29 is 34.1 Å². The fraction of sp³-hybridized carbons (Fsp3) is 0.250. The average molecular weight is 296 g/mol. The van der Waals surface area contributed by atoms with Crippen molar-refractivity contribution in [3.8, 4) is 11.5 Å². The molecule has 0 unspecified atom stereocenters. The number of ether oxygens (including phenoxy) is 2. The molecule has 0 aromatic heterocycles. The first-order valence-corrected chi connectivity index (χ1v) is 5.85. The second-order valence-electron chi connectivity index (χ2n) is 4.14. The Hall–Kier alpha value is -2.97. The van der Waals surface area contributed by atoms with Crippen molar-refractivity contribution >= 4 is 23.7 Å². The second kappa shape index (κ2) is 5.99. The van der Waals surface area contributed by atoms with Crippen LogP contribution in [0.2, 0.25) is 0 Å². The summed E-state index contributed by atoms with van der Waals surface area (Å²) in [6.45, 7) is -1.36. The molecule has 1 aliphatic heterocycles. The van der Waals surface area contributed by atoms with Crippen molar-refractivity contribution in [2.45, 2.75) is 0 Å². The van der Waals surface area contributed by atoms with Crippen LogP contribution in [-0.2, 0) is 9.59 Å². The van der Waals surface area contributed by atoms with Crippen molar-refractivity contribution in [3.63, 3.8) is 0 Å². The number of carbonyl (C=O) groups excluding carboxylic acids is 1. The van der Waals surface area contributed by atoms with Crippen LogP contribution in [0.5, 0.6) is 11.5 Å². The fourth-order valence-corrected chi connectivity index (χ4v) is 1.70. The number of anilines is 1. The van der Waals surface area contributed by atoms with E-state index < -0.39 is 31.1 Å². The molecule has 9 nitrogen and oxygen atoms in total. The molecule has 3 N–H and O–H groups in total. The van der Waals surface area contributed by atoms with Crippen LogP contribution in [-0.4, -0.2) is 53.0 Å². The fourth-order valence-electron chi connectivity index (χ4n) is 1.70. The van der Waals surface area contributed by atoms with E-state index in [1.165, 1.54) is 12.1 Å². The summed E-state index contributed by atoms with van der Waals surface area (Å²) in [5.74, 6) is -1.65. The Morgan fingerprint density at radius 3 is 2.33 bits per heavy atom. The monoisotopic (exact) mass is 296 g/mol. The van der Waals surface area contributed by atoms with Crippen molar-refractivity contribution in [2.75, 3.05) is 25.2 Å². The number of aliphatic carboxylic acids is 2. The normalized spacial score (nSPS) is 11.8. The molecule has 9 heteroatoms. The Kier molecular flexibility index (Phi) is 4.12. The van der Waals surface area contributed by atoms with E-state index in [4.69, 9.17) is 19.7 Å². The van der Waals surface area contributed by atoms with Gasteiger partial charge in [-0.05, 0) is 12.1 Å². The van der Waals surface area contributed by atoms with Gasteiger partial charge >= 0.3 is 18.0 Å². The van der Waals surface area contributed by atoms with Gasteiger partial charge in [0, 0.05) is 11.8 Å². The zero-order chi connectivity index (χ0) is 15.4. The summed E-state index contributed by atoms with van der Waals surface area (Å²) in [6, 6.07) is 3.78. The Balaban J connectivity index is 2.07. The van der Waals surface area contributed by atoms with E-state index in [1.54, 1.807) is 6.07 Å². The number of carboxylic acid groups (broad SMARTS) is 2. The maximum atomic E-state index is 11.9. The molecule has 0 bridgehead atoms. The highest BCUT2D eigenvalue weighted by Gasteiger charge is 2.21. The maximum Gasteiger partial charge on any atom is 0.323 e. The van der Waals surface area contributed by atoms with Crippen LogP contribution in [0.4, 0.5) is 10.5 Å². The van der Waals surface area contributed by atoms with E-state index in [0.29, 0.717) is 22.1 Å². The van der Waals surface area contributed by atoms with Gasteiger partial charge in [-0.1, -0.05) is 0 Å². The van der Waals surface area contributed by atoms with E-state index in [0.717, 1.165) is 0 Å². The molecule has 1 heterocycles. The number of hydrogen-bond acceptors (Lipinski definition) is 5. The van der Waals surface area contributed by atoms with Crippen molar-refractivity contribution in [1.82, 2.24) is 4.90 Å². The van der Waals surface area contributed by atoms with Crippen molar-refractivity contribution in [2.24, 2.45) is 0 Å². The average Bonchev–Trinajstić information content (AvgIpc) is 2.84. The largest absolute Gasteiger partial charge is 0.480 e. The van der Waals surface area contributed by atoms with Crippen LogP contribution in [0.1, 0.15) is 0 Å². The van der Waals surface area contributed by atoms with Gasteiger partial charge in [0.15, 0.2) is 11.5 Å². The van der Waals surface area contributed by atoms with E-state index in [2.05, 4.69) is 5.32 Å². The number of fused-ring (bicyclic) bond motifs is 1. The first-order valence-electron chi connectivity index (χ1n) is 5.85. The summed E-state index contributed by atoms with van der Waals surface area (Å²) >= 11 is 0. The summed E-state index contributed by atoms with van der Waals surface area (Å²) in [7, 11) is 0. The highest BCUT2D eigenvalue weighted by Crippen LogP contribution is 2.34. The van der Waals surface area contributed by atoms with E-state index in [1.807, 2.05) is 0 Å². The molecule has 0 spiro atoms.